The van der Waals surface area contributed by atoms with E-state index < -0.39 is 0 Å². The van der Waals surface area contributed by atoms with Crippen molar-refractivity contribution in [3.8, 4) is 11.3 Å². The van der Waals surface area contributed by atoms with Crippen molar-refractivity contribution in [2.75, 3.05) is 0 Å². The predicted octanol–water partition coefficient (Wildman–Crippen LogP) is 3.67. The first-order chi connectivity index (χ1) is 9.80. The normalized spacial score (nSPS) is 11.7. The minimum absolute atomic E-state index is 0.00217. The molecule has 0 aliphatic rings. The van der Waals surface area contributed by atoms with Crippen LogP contribution < -0.4 is 0 Å². The van der Waals surface area contributed by atoms with Gasteiger partial charge in [-0.3, -0.25) is 9.97 Å². The first kappa shape index (κ1) is 15.6. The largest absolute Gasteiger partial charge is 0.390 e. The molecule has 0 unspecified atom stereocenters. The van der Waals surface area contributed by atoms with Crippen LogP contribution in [0.15, 0.2) is 24.4 Å². The molecular formula is C17H21FN2O. The summed E-state index contributed by atoms with van der Waals surface area (Å²) < 4.78 is 14.1. The monoisotopic (exact) mass is 288 g/mol. The first-order valence-corrected chi connectivity index (χ1v) is 7.02. The van der Waals surface area contributed by atoms with Crippen LogP contribution in [0.3, 0.4) is 0 Å². The Labute approximate surface area is 124 Å². The Morgan fingerprint density at radius 3 is 2.57 bits per heavy atom. The highest BCUT2D eigenvalue weighted by Gasteiger charge is 2.19. The van der Waals surface area contributed by atoms with Crippen LogP contribution in [0.5, 0.6) is 0 Å². The fourth-order valence-corrected chi connectivity index (χ4v) is 2.22. The molecule has 0 bridgehead atoms. The molecule has 0 spiro atoms. The van der Waals surface area contributed by atoms with Crippen LogP contribution in [-0.4, -0.2) is 15.1 Å². The SMILES string of the molecule is Cc1ccc(F)c(-c2ncc(CO)nc2CC(C)(C)C)c1. The molecule has 1 N–H and O–H groups in total. The summed E-state index contributed by atoms with van der Waals surface area (Å²) >= 11 is 0. The fourth-order valence-electron chi connectivity index (χ4n) is 2.22. The summed E-state index contributed by atoms with van der Waals surface area (Å²) in [5.74, 6) is -0.304. The van der Waals surface area contributed by atoms with Gasteiger partial charge in [0.25, 0.3) is 0 Å². The summed E-state index contributed by atoms with van der Waals surface area (Å²) in [4.78, 5) is 8.79. The van der Waals surface area contributed by atoms with Crippen molar-refractivity contribution in [3.63, 3.8) is 0 Å². The average molecular weight is 288 g/mol. The molecule has 1 aromatic carbocycles. The summed E-state index contributed by atoms with van der Waals surface area (Å²) in [6.45, 7) is 8.03. The maximum atomic E-state index is 14.1. The molecule has 2 aromatic rings. The van der Waals surface area contributed by atoms with Crippen LogP contribution in [0.25, 0.3) is 11.3 Å². The zero-order chi connectivity index (χ0) is 15.6. The molecule has 21 heavy (non-hydrogen) atoms. The smallest absolute Gasteiger partial charge is 0.132 e. The summed E-state index contributed by atoms with van der Waals surface area (Å²) in [7, 11) is 0. The highest BCUT2D eigenvalue weighted by atomic mass is 19.1. The van der Waals surface area contributed by atoms with Gasteiger partial charge in [0.1, 0.15) is 5.82 Å². The Bertz CT molecular complexity index is 648. The van der Waals surface area contributed by atoms with E-state index in [1.807, 2.05) is 6.92 Å². The average Bonchev–Trinajstić information content (AvgIpc) is 2.40. The molecule has 0 aliphatic heterocycles. The van der Waals surface area contributed by atoms with Crippen LogP contribution in [-0.2, 0) is 13.0 Å². The van der Waals surface area contributed by atoms with E-state index in [0.29, 0.717) is 23.4 Å². The minimum atomic E-state index is -0.304. The summed E-state index contributed by atoms with van der Waals surface area (Å²) in [6, 6.07) is 4.97. The molecule has 0 amide bonds. The van der Waals surface area contributed by atoms with E-state index in [1.165, 1.54) is 12.3 Å². The molecule has 3 nitrogen and oxygen atoms in total. The molecule has 2 rings (SSSR count). The van der Waals surface area contributed by atoms with Gasteiger partial charge < -0.3 is 5.11 Å². The second kappa shape index (κ2) is 5.90. The van der Waals surface area contributed by atoms with Gasteiger partial charge in [-0.15, -0.1) is 0 Å². The number of halogens is 1. The van der Waals surface area contributed by atoms with E-state index in [4.69, 9.17) is 0 Å². The van der Waals surface area contributed by atoms with Gasteiger partial charge in [-0.2, -0.15) is 0 Å². The molecule has 0 aliphatic carbocycles. The van der Waals surface area contributed by atoms with Gasteiger partial charge in [0.15, 0.2) is 0 Å². The van der Waals surface area contributed by atoms with Crippen LogP contribution in [0.1, 0.15) is 37.7 Å². The third-order valence-corrected chi connectivity index (χ3v) is 3.13. The van der Waals surface area contributed by atoms with E-state index in [2.05, 4.69) is 30.7 Å². The van der Waals surface area contributed by atoms with Gasteiger partial charge >= 0.3 is 0 Å². The Kier molecular flexibility index (Phi) is 4.37. The third-order valence-electron chi connectivity index (χ3n) is 3.13. The third kappa shape index (κ3) is 3.85. The highest BCUT2D eigenvalue weighted by Crippen LogP contribution is 2.29. The van der Waals surface area contributed by atoms with Crippen LogP contribution in [0, 0.1) is 18.2 Å². The lowest BCUT2D eigenvalue weighted by Gasteiger charge is -2.20. The molecule has 0 radical (unpaired) electrons. The minimum Gasteiger partial charge on any atom is -0.390 e. The second-order valence-corrected chi connectivity index (χ2v) is 6.54. The maximum absolute atomic E-state index is 14.1. The summed E-state index contributed by atoms with van der Waals surface area (Å²) in [5.41, 5.74) is 3.22. The number of aryl methyl sites for hydroxylation is 1. The number of aromatic nitrogens is 2. The van der Waals surface area contributed by atoms with Gasteiger partial charge in [-0.25, -0.2) is 4.39 Å². The first-order valence-electron chi connectivity index (χ1n) is 7.02. The molecule has 112 valence electrons. The molecule has 1 aromatic heterocycles. The van der Waals surface area contributed by atoms with Crippen molar-refractivity contribution in [2.45, 2.75) is 40.7 Å². The molecule has 0 saturated heterocycles. The molecule has 0 atom stereocenters. The standard InChI is InChI=1S/C17H21FN2O/c1-11-5-6-14(18)13(7-11)16-15(8-17(2,3)4)20-12(10-21)9-19-16/h5-7,9,21H,8,10H2,1-4H3. The van der Waals surface area contributed by atoms with E-state index in [9.17, 15) is 9.50 Å². The zero-order valence-corrected chi connectivity index (χ0v) is 12.9. The quantitative estimate of drug-likeness (QED) is 0.937. The Morgan fingerprint density at radius 1 is 1.24 bits per heavy atom. The topological polar surface area (TPSA) is 46.0 Å². The zero-order valence-electron chi connectivity index (χ0n) is 12.9. The van der Waals surface area contributed by atoms with Gasteiger partial charge in [0.2, 0.25) is 0 Å². The number of aliphatic hydroxyl groups excluding tert-OH is 1. The second-order valence-electron chi connectivity index (χ2n) is 6.54. The molecule has 0 fully saturated rings. The molecule has 0 saturated carbocycles. The number of hydrogen-bond acceptors (Lipinski definition) is 3. The number of benzene rings is 1. The number of rotatable bonds is 3. The Balaban J connectivity index is 2.59. The Morgan fingerprint density at radius 2 is 1.95 bits per heavy atom. The number of nitrogens with zero attached hydrogens (tertiary/aromatic N) is 2. The van der Waals surface area contributed by atoms with Crippen molar-refractivity contribution in [2.24, 2.45) is 5.41 Å². The molecule has 4 heteroatoms. The van der Waals surface area contributed by atoms with Crippen LogP contribution in [0.4, 0.5) is 4.39 Å². The predicted molar refractivity (Wildman–Crippen MR) is 81.2 cm³/mol. The fraction of sp³-hybridized carbons (Fsp3) is 0.412. The number of hydrogen-bond donors (Lipinski definition) is 1. The van der Waals surface area contributed by atoms with Crippen molar-refractivity contribution >= 4 is 0 Å². The van der Waals surface area contributed by atoms with Gasteiger partial charge in [0.05, 0.1) is 29.9 Å². The molecular weight excluding hydrogens is 267 g/mol. The lowest BCUT2D eigenvalue weighted by Crippen LogP contribution is -2.13. The van der Waals surface area contributed by atoms with Crippen molar-refractivity contribution in [3.05, 3.63) is 47.2 Å². The van der Waals surface area contributed by atoms with Crippen molar-refractivity contribution < 1.29 is 9.50 Å². The summed E-state index contributed by atoms with van der Waals surface area (Å²) in [5, 5.41) is 9.24. The van der Waals surface area contributed by atoms with E-state index in [-0.39, 0.29) is 17.8 Å². The van der Waals surface area contributed by atoms with Gasteiger partial charge in [-0.05, 0) is 30.9 Å². The lowest BCUT2D eigenvalue weighted by atomic mass is 9.88. The van der Waals surface area contributed by atoms with E-state index in [0.717, 1.165) is 11.3 Å². The van der Waals surface area contributed by atoms with Gasteiger partial charge in [-0.1, -0.05) is 32.4 Å². The van der Waals surface area contributed by atoms with Crippen molar-refractivity contribution in [1.82, 2.24) is 9.97 Å². The maximum Gasteiger partial charge on any atom is 0.132 e. The molecule has 1 heterocycles. The van der Waals surface area contributed by atoms with Gasteiger partial charge in [0, 0.05) is 5.56 Å². The highest BCUT2D eigenvalue weighted by molar-refractivity contribution is 5.63. The van der Waals surface area contributed by atoms with E-state index >= 15 is 0 Å². The lowest BCUT2D eigenvalue weighted by molar-refractivity contribution is 0.275. The van der Waals surface area contributed by atoms with Crippen LogP contribution >= 0.6 is 0 Å². The Hall–Kier alpha value is -1.81. The van der Waals surface area contributed by atoms with E-state index in [1.54, 1.807) is 12.1 Å². The van der Waals surface area contributed by atoms with Crippen LogP contribution in [0.2, 0.25) is 0 Å². The van der Waals surface area contributed by atoms with Crippen molar-refractivity contribution in [1.29, 1.82) is 0 Å². The summed E-state index contributed by atoms with van der Waals surface area (Å²) in [6.07, 6.45) is 2.17. The number of aliphatic hydroxyl groups is 1.